The Morgan fingerprint density at radius 2 is 1.86 bits per heavy atom. The number of alkyl halides is 2. The highest BCUT2D eigenvalue weighted by atomic mass is 19.3. The predicted octanol–water partition coefficient (Wildman–Crippen LogP) is 3.40. The number of carbonyl (C=O) groups is 2. The van der Waals surface area contributed by atoms with Crippen LogP contribution in [0.3, 0.4) is 0 Å². The molecule has 0 unspecified atom stereocenters. The summed E-state index contributed by atoms with van der Waals surface area (Å²) in [5, 5.41) is 0. The Kier molecular flexibility index (Phi) is 5.87. The third-order valence-corrected chi connectivity index (χ3v) is 3.60. The zero-order chi connectivity index (χ0) is 16.1. The van der Waals surface area contributed by atoms with Crippen LogP contribution in [-0.2, 0) is 19.1 Å². The molecule has 6 heteroatoms. The molecule has 0 aromatic heterocycles. The molecule has 1 fully saturated rings. The minimum atomic E-state index is -3.09. The van der Waals surface area contributed by atoms with Crippen molar-refractivity contribution >= 4 is 11.9 Å². The zero-order valence-electron chi connectivity index (χ0n) is 12.5. The van der Waals surface area contributed by atoms with Crippen molar-refractivity contribution in [3.05, 3.63) is 12.2 Å². The maximum atomic E-state index is 12.6. The molecule has 120 valence electrons. The molecule has 1 aliphatic rings. The van der Waals surface area contributed by atoms with Gasteiger partial charge in [-0.25, -0.2) is 13.6 Å². The second kappa shape index (κ2) is 7.00. The van der Waals surface area contributed by atoms with Gasteiger partial charge in [-0.3, -0.25) is 4.79 Å². The summed E-state index contributed by atoms with van der Waals surface area (Å²) in [6.07, 6.45) is 3.87. The van der Waals surface area contributed by atoms with Crippen LogP contribution >= 0.6 is 0 Å². The van der Waals surface area contributed by atoms with Gasteiger partial charge in [-0.2, -0.15) is 0 Å². The van der Waals surface area contributed by atoms with Gasteiger partial charge < -0.3 is 9.47 Å². The van der Waals surface area contributed by atoms with Crippen LogP contribution < -0.4 is 0 Å². The summed E-state index contributed by atoms with van der Waals surface area (Å²) < 4.78 is 35.0. The van der Waals surface area contributed by atoms with E-state index in [1.54, 1.807) is 0 Å². The summed E-state index contributed by atoms with van der Waals surface area (Å²) in [6, 6.07) is 0. The number of hydrogen-bond donors (Lipinski definition) is 0. The first-order chi connectivity index (χ1) is 9.67. The fourth-order valence-electron chi connectivity index (χ4n) is 2.32. The Morgan fingerprint density at radius 3 is 2.33 bits per heavy atom. The monoisotopic (exact) mass is 304 g/mol. The minimum absolute atomic E-state index is 0.0702. The molecule has 1 rings (SSSR count). The van der Waals surface area contributed by atoms with Gasteiger partial charge in [-0.1, -0.05) is 13.5 Å². The Labute approximate surface area is 123 Å². The first-order valence-corrected chi connectivity index (χ1v) is 7.12. The normalized spacial score (nSPS) is 17.3. The van der Waals surface area contributed by atoms with E-state index in [0.717, 1.165) is 25.7 Å². The summed E-state index contributed by atoms with van der Waals surface area (Å²) in [4.78, 5) is 23.3. The lowest BCUT2D eigenvalue weighted by molar-refractivity contribution is -0.158. The van der Waals surface area contributed by atoms with Crippen LogP contribution in [0.5, 0.6) is 0 Å². The van der Waals surface area contributed by atoms with Crippen molar-refractivity contribution in [1.29, 1.82) is 0 Å². The van der Waals surface area contributed by atoms with E-state index < -0.39 is 36.5 Å². The summed E-state index contributed by atoms with van der Waals surface area (Å²) in [5.41, 5.74) is -0.542. The number of halogens is 2. The van der Waals surface area contributed by atoms with E-state index >= 15 is 0 Å². The van der Waals surface area contributed by atoms with Gasteiger partial charge in [0.05, 0.1) is 6.42 Å². The molecule has 21 heavy (non-hydrogen) atoms. The van der Waals surface area contributed by atoms with Crippen molar-refractivity contribution in [3.8, 4) is 0 Å². The lowest BCUT2D eigenvalue weighted by Gasteiger charge is -2.28. The van der Waals surface area contributed by atoms with Crippen LogP contribution in [0.4, 0.5) is 8.78 Å². The van der Waals surface area contributed by atoms with Crippen LogP contribution in [0.15, 0.2) is 12.2 Å². The summed E-state index contributed by atoms with van der Waals surface area (Å²) >= 11 is 0. The highest BCUT2D eigenvalue weighted by molar-refractivity contribution is 5.93. The highest BCUT2D eigenvalue weighted by Crippen LogP contribution is 2.36. The van der Waals surface area contributed by atoms with E-state index in [9.17, 15) is 18.4 Å². The van der Waals surface area contributed by atoms with E-state index in [4.69, 9.17) is 4.74 Å². The van der Waals surface area contributed by atoms with Gasteiger partial charge in [0.1, 0.15) is 5.60 Å². The van der Waals surface area contributed by atoms with Crippen molar-refractivity contribution in [3.63, 3.8) is 0 Å². The average molecular weight is 304 g/mol. The molecule has 0 aromatic rings. The summed E-state index contributed by atoms with van der Waals surface area (Å²) in [6.45, 7) is 5.07. The second-order valence-corrected chi connectivity index (χ2v) is 5.64. The lowest BCUT2D eigenvalue weighted by Crippen LogP contribution is -2.32. The van der Waals surface area contributed by atoms with Crippen molar-refractivity contribution in [1.82, 2.24) is 0 Å². The summed E-state index contributed by atoms with van der Waals surface area (Å²) in [5.74, 6) is -4.65. The maximum Gasteiger partial charge on any atom is 0.334 e. The molecule has 0 saturated heterocycles. The molecule has 0 spiro atoms. The Bertz CT molecular complexity index is 406. The van der Waals surface area contributed by atoms with Gasteiger partial charge in [-0.15, -0.1) is 0 Å². The zero-order valence-corrected chi connectivity index (χ0v) is 12.5. The molecular weight excluding hydrogens is 282 g/mol. The fourth-order valence-corrected chi connectivity index (χ4v) is 2.32. The average Bonchev–Trinajstić information content (AvgIpc) is 2.84. The molecule has 1 aliphatic carbocycles. The molecule has 0 atom stereocenters. The molecule has 0 radical (unpaired) electrons. The number of rotatable bonds is 7. The lowest BCUT2D eigenvalue weighted by atomic mass is 9.98. The van der Waals surface area contributed by atoms with Gasteiger partial charge >= 0.3 is 11.9 Å². The predicted molar refractivity (Wildman–Crippen MR) is 72.9 cm³/mol. The third-order valence-electron chi connectivity index (χ3n) is 3.60. The Morgan fingerprint density at radius 1 is 1.29 bits per heavy atom. The first-order valence-electron chi connectivity index (χ1n) is 7.12. The smallest absolute Gasteiger partial charge is 0.334 e. The molecular formula is C15H22F2O4. The first kappa shape index (κ1) is 17.6. The van der Waals surface area contributed by atoms with E-state index in [2.05, 4.69) is 11.3 Å². The van der Waals surface area contributed by atoms with Crippen molar-refractivity contribution < 1.29 is 27.8 Å². The van der Waals surface area contributed by atoms with E-state index in [-0.39, 0.29) is 5.57 Å². The van der Waals surface area contributed by atoms with E-state index in [0.29, 0.717) is 13.3 Å². The topological polar surface area (TPSA) is 52.6 Å². The van der Waals surface area contributed by atoms with E-state index in [1.807, 2.05) is 6.92 Å². The van der Waals surface area contributed by atoms with Gasteiger partial charge in [0.2, 0.25) is 0 Å². The van der Waals surface area contributed by atoms with Crippen LogP contribution in [0.2, 0.25) is 0 Å². The van der Waals surface area contributed by atoms with Crippen molar-refractivity contribution in [2.24, 2.45) is 0 Å². The standard InChI is InChI=1S/C15H22F2O4/c1-4-15(7-5-6-8-15)21-13(19)11(2)9-12(18)20-10-14(3,16)17/h2,4-10H2,1,3H3. The molecule has 0 N–H and O–H groups in total. The Balaban J connectivity index is 2.44. The molecule has 0 aromatic carbocycles. The molecule has 0 bridgehead atoms. The van der Waals surface area contributed by atoms with Crippen molar-refractivity contribution in [2.45, 2.75) is 63.9 Å². The molecule has 0 aliphatic heterocycles. The van der Waals surface area contributed by atoms with Gasteiger partial charge in [0.25, 0.3) is 5.92 Å². The van der Waals surface area contributed by atoms with Crippen LogP contribution in [-0.4, -0.2) is 30.1 Å². The van der Waals surface area contributed by atoms with Gasteiger partial charge in [0.15, 0.2) is 6.61 Å². The van der Waals surface area contributed by atoms with Gasteiger partial charge in [-0.05, 0) is 32.1 Å². The second-order valence-electron chi connectivity index (χ2n) is 5.64. The number of hydrogen-bond acceptors (Lipinski definition) is 4. The largest absolute Gasteiger partial charge is 0.459 e. The van der Waals surface area contributed by atoms with E-state index in [1.165, 1.54) is 0 Å². The number of esters is 2. The number of carbonyl (C=O) groups excluding carboxylic acids is 2. The SMILES string of the molecule is C=C(CC(=O)OCC(C)(F)F)C(=O)OC1(CC)CCCC1. The maximum absolute atomic E-state index is 12.6. The molecule has 0 amide bonds. The highest BCUT2D eigenvalue weighted by Gasteiger charge is 2.36. The third kappa shape index (κ3) is 5.81. The Hall–Kier alpha value is -1.46. The number of ether oxygens (including phenoxy) is 2. The molecule has 1 saturated carbocycles. The van der Waals surface area contributed by atoms with Gasteiger partial charge in [0, 0.05) is 12.5 Å². The summed E-state index contributed by atoms with van der Waals surface area (Å²) in [7, 11) is 0. The molecule has 0 heterocycles. The fraction of sp³-hybridized carbons (Fsp3) is 0.733. The quantitative estimate of drug-likeness (QED) is 0.534. The van der Waals surface area contributed by atoms with Crippen LogP contribution in [0.25, 0.3) is 0 Å². The van der Waals surface area contributed by atoms with Crippen LogP contribution in [0, 0.1) is 0 Å². The molecule has 4 nitrogen and oxygen atoms in total. The minimum Gasteiger partial charge on any atom is -0.459 e. The van der Waals surface area contributed by atoms with Crippen molar-refractivity contribution in [2.75, 3.05) is 6.61 Å². The van der Waals surface area contributed by atoms with Crippen LogP contribution in [0.1, 0.15) is 52.4 Å².